The van der Waals surface area contributed by atoms with E-state index in [2.05, 4.69) is 224 Å². The highest BCUT2D eigenvalue weighted by Crippen LogP contribution is 2.64. The van der Waals surface area contributed by atoms with Crippen LogP contribution < -0.4 is 0 Å². The van der Waals surface area contributed by atoms with E-state index in [-0.39, 0.29) is 10.8 Å². The average molecular weight is 829 g/mol. The van der Waals surface area contributed by atoms with Crippen LogP contribution in [0, 0.1) is 13.8 Å². The van der Waals surface area contributed by atoms with Gasteiger partial charge in [-0.3, -0.25) is 0 Å². The monoisotopic (exact) mass is 828 g/mol. The maximum absolute atomic E-state index is 2.60. The van der Waals surface area contributed by atoms with E-state index in [1.54, 1.807) is 0 Å². The predicted octanol–water partition coefficient (Wildman–Crippen LogP) is 16.9. The molecule has 0 bridgehead atoms. The molecule has 0 fully saturated rings. The van der Waals surface area contributed by atoms with E-state index in [1.165, 1.54) is 144 Å². The maximum Gasteiger partial charge on any atom is 0.0725 e. The van der Waals surface area contributed by atoms with Crippen molar-refractivity contribution in [3.63, 3.8) is 0 Å². The molecule has 0 heteroatoms. The van der Waals surface area contributed by atoms with Crippen LogP contribution in [0.25, 0.3) is 88.3 Å². The van der Waals surface area contributed by atoms with Crippen molar-refractivity contribution >= 4 is 21.5 Å². The Hall–Kier alpha value is -7.28. The summed E-state index contributed by atoms with van der Waals surface area (Å²) < 4.78 is 0. The summed E-state index contributed by atoms with van der Waals surface area (Å²) in [7, 11) is 0. The largest absolute Gasteiger partial charge is 0.0725 e. The quantitative estimate of drug-likeness (QED) is 0.152. The van der Waals surface area contributed by atoms with Crippen molar-refractivity contribution in [3.8, 4) is 66.8 Å². The molecule has 65 heavy (non-hydrogen) atoms. The molecule has 0 N–H and O–H groups in total. The van der Waals surface area contributed by atoms with Gasteiger partial charge in [-0.25, -0.2) is 0 Å². The zero-order valence-electron chi connectivity index (χ0n) is 37.8. The van der Waals surface area contributed by atoms with Gasteiger partial charge in [0.2, 0.25) is 0 Å². The minimum absolute atomic E-state index is 0.0434. The van der Waals surface area contributed by atoms with E-state index in [1.807, 2.05) is 0 Å². The first-order valence-corrected chi connectivity index (χ1v) is 23.4. The fourth-order valence-corrected chi connectivity index (χ4v) is 13.4. The molecule has 0 nitrogen and oxygen atoms in total. The van der Waals surface area contributed by atoms with Crippen molar-refractivity contribution in [2.24, 2.45) is 0 Å². The SMILES string of the molecule is Cc1c2ccc(-c3ccc4c(c3)C(C)(C)c3ccccc3-4)cc2c(C)c2cc3c(cc12)-c1ccc(-c2ccc4c(c2)C(C)(C)c2ccccc2-4)cc1C31c2ccccc2-c2ccccc21. The Bertz CT molecular complexity index is 3750. The average Bonchev–Trinajstić information content (AvgIpc) is 3.97. The molecule has 10 aromatic rings. The summed E-state index contributed by atoms with van der Waals surface area (Å²) >= 11 is 0. The van der Waals surface area contributed by atoms with E-state index >= 15 is 0 Å². The Labute approximate surface area is 381 Å². The van der Waals surface area contributed by atoms with Gasteiger partial charge in [0.1, 0.15) is 0 Å². The smallest absolute Gasteiger partial charge is 0.0619 e. The van der Waals surface area contributed by atoms with Crippen molar-refractivity contribution in [3.05, 3.63) is 238 Å². The van der Waals surface area contributed by atoms with Crippen molar-refractivity contribution in [1.29, 1.82) is 0 Å². The van der Waals surface area contributed by atoms with E-state index in [0.29, 0.717) is 0 Å². The van der Waals surface area contributed by atoms with Crippen LogP contribution >= 0.6 is 0 Å². The van der Waals surface area contributed by atoms with Crippen LogP contribution in [0.3, 0.4) is 0 Å². The van der Waals surface area contributed by atoms with Crippen molar-refractivity contribution in [1.82, 2.24) is 0 Å². The van der Waals surface area contributed by atoms with Crippen molar-refractivity contribution < 1.29 is 0 Å². The van der Waals surface area contributed by atoms with E-state index in [4.69, 9.17) is 0 Å². The molecule has 0 unspecified atom stereocenters. The van der Waals surface area contributed by atoms with Gasteiger partial charge >= 0.3 is 0 Å². The molecule has 0 radical (unpaired) electrons. The Morgan fingerprint density at radius 3 is 1.11 bits per heavy atom. The molecule has 1 spiro atoms. The number of hydrogen-bond acceptors (Lipinski definition) is 0. The lowest BCUT2D eigenvalue weighted by molar-refractivity contribution is 0.660. The second-order valence-electron chi connectivity index (χ2n) is 20.4. The highest BCUT2D eigenvalue weighted by Gasteiger charge is 2.52. The molecule has 4 aliphatic rings. The van der Waals surface area contributed by atoms with Gasteiger partial charge in [-0.05, 0) is 194 Å². The van der Waals surface area contributed by atoms with Gasteiger partial charge in [-0.15, -0.1) is 0 Å². The summed E-state index contributed by atoms with van der Waals surface area (Å²) in [4.78, 5) is 0. The first-order valence-electron chi connectivity index (χ1n) is 23.4. The van der Waals surface area contributed by atoms with Gasteiger partial charge in [0.15, 0.2) is 0 Å². The van der Waals surface area contributed by atoms with Crippen LogP contribution in [-0.2, 0) is 16.2 Å². The molecule has 4 aliphatic carbocycles. The third-order valence-corrected chi connectivity index (χ3v) is 16.7. The molecule has 10 aromatic carbocycles. The number of fused-ring (bicyclic) bond motifs is 18. The molecular formula is C65H48. The van der Waals surface area contributed by atoms with Crippen molar-refractivity contribution in [2.45, 2.75) is 57.8 Å². The fraction of sp³-hybridized carbons (Fsp3) is 0.138. The molecule has 0 saturated carbocycles. The maximum atomic E-state index is 2.60. The Morgan fingerprint density at radius 2 is 0.585 bits per heavy atom. The topological polar surface area (TPSA) is 0 Å². The van der Waals surface area contributed by atoms with E-state index < -0.39 is 5.41 Å². The molecule has 0 atom stereocenters. The Morgan fingerprint density at radius 1 is 0.246 bits per heavy atom. The summed E-state index contributed by atoms with van der Waals surface area (Å²) in [5, 5.41) is 5.34. The molecular weight excluding hydrogens is 781 g/mol. The second kappa shape index (κ2) is 12.5. The van der Waals surface area contributed by atoms with Gasteiger partial charge in [0.25, 0.3) is 0 Å². The lowest BCUT2D eigenvalue weighted by Crippen LogP contribution is -2.26. The highest BCUT2D eigenvalue weighted by molar-refractivity contribution is 6.10. The van der Waals surface area contributed by atoms with Gasteiger partial charge in [0.05, 0.1) is 5.41 Å². The molecule has 0 saturated heterocycles. The minimum Gasteiger partial charge on any atom is -0.0619 e. The molecule has 308 valence electrons. The van der Waals surface area contributed by atoms with Gasteiger partial charge in [0, 0.05) is 10.8 Å². The van der Waals surface area contributed by atoms with Crippen LogP contribution in [-0.4, -0.2) is 0 Å². The Kier molecular flexibility index (Phi) is 7.14. The summed E-state index contributed by atoms with van der Waals surface area (Å²) in [6, 6.07) is 70.4. The second-order valence-corrected chi connectivity index (χ2v) is 20.4. The standard InChI is InChI=1S/C65H48/c1-37-43-27-23-39(40-24-28-48-44-15-7-11-19-55(44)63(3,4)59(48)32-40)31-51(43)38(2)53-36-62-54(35-52(37)53)50-30-26-42(41-25-29-49-45-16-8-12-20-56(45)64(5,6)60(49)33-41)34-61(50)65(62)57-21-13-9-17-46(57)47-18-10-14-22-58(47)65/h7-36H,1-6H3. The lowest BCUT2D eigenvalue weighted by atomic mass is 9.70. The van der Waals surface area contributed by atoms with Crippen LogP contribution in [0.1, 0.15) is 83.3 Å². The van der Waals surface area contributed by atoms with E-state index in [9.17, 15) is 0 Å². The van der Waals surface area contributed by atoms with E-state index in [0.717, 1.165) is 0 Å². The van der Waals surface area contributed by atoms with Gasteiger partial charge in [-0.2, -0.15) is 0 Å². The van der Waals surface area contributed by atoms with Crippen LogP contribution in [0.5, 0.6) is 0 Å². The summed E-state index contributed by atoms with van der Waals surface area (Å²) in [5.74, 6) is 0. The number of hydrogen-bond donors (Lipinski definition) is 0. The number of rotatable bonds is 2. The highest BCUT2D eigenvalue weighted by atomic mass is 14.5. The van der Waals surface area contributed by atoms with Crippen molar-refractivity contribution in [2.75, 3.05) is 0 Å². The minimum atomic E-state index is -0.458. The third kappa shape index (κ3) is 4.57. The van der Waals surface area contributed by atoms with Crippen LogP contribution in [0.4, 0.5) is 0 Å². The third-order valence-electron chi connectivity index (χ3n) is 16.7. The number of benzene rings is 10. The van der Waals surface area contributed by atoms with Crippen LogP contribution in [0.2, 0.25) is 0 Å². The zero-order chi connectivity index (χ0) is 43.7. The lowest BCUT2D eigenvalue weighted by Gasteiger charge is -2.31. The summed E-state index contributed by atoms with van der Waals surface area (Å²) in [6.45, 7) is 14.2. The van der Waals surface area contributed by atoms with Gasteiger partial charge < -0.3 is 0 Å². The first-order chi connectivity index (χ1) is 31.6. The molecule has 0 aromatic heterocycles. The van der Waals surface area contributed by atoms with Gasteiger partial charge in [-0.1, -0.05) is 173 Å². The zero-order valence-corrected chi connectivity index (χ0v) is 37.8. The molecule has 0 amide bonds. The predicted molar refractivity (Wildman–Crippen MR) is 273 cm³/mol. The summed E-state index contributed by atoms with van der Waals surface area (Å²) in [5.41, 5.74) is 29.2. The number of aryl methyl sites for hydroxylation is 2. The molecule has 0 heterocycles. The fourth-order valence-electron chi connectivity index (χ4n) is 13.4. The van der Waals surface area contributed by atoms with Crippen LogP contribution in [0.15, 0.2) is 182 Å². The normalized spacial score (nSPS) is 15.6. The Balaban J connectivity index is 0.980. The molecule has 14 rings (SSSR count). The molecule has 0 aliphatic heterocycles. The summed E-state index contributed by atoms with van der Waals surface area (Å²) in [6.07, 6.45) is 0. The first kappa shape index (κ1) is 37.1.